The van der Waals surface area contributed by atoms with Crippen molar-refractivity contribution in [2.75, 3.05) is 0 Å². The molecule has 0 bridgehead atoms. The Morgan fingerprint density at radius 2 is 1.57 bits per heavy atom. The van der Waals surface area contributed by atoms with Crippen molar-refractivity contribution in [2.24, 2.45) is 5.92 Å². The zero-order valence-electron chi connectivity index (χ0n) is 12.9. The maximum absolute atomic E-state index is 12.5. The van der Waals surface area contributed by atoms with E-state index < -0.39 is 5.97 Å². The predicted molar refractivity (Wildman–Crippen MR) is 81.5 cm³/mol. The highest BCUT2D eigenvalue weighted by Crippen LogP contribution is 2.25. The molecule has 1 saturated carbocycles. The molecule has 0 aromatic heterocycles. The molecule has 0 aliphatic heterocycles. The minimum Gasteiger partial charge on any atom is -0.481 e. The molecule has 4 heteroatoms. The summed E-state index contributed by atoms with van der Waals surface area (Å²) in [5.74, 6) is -1.00. The molecule has 1 aliphatic rings. The average molecular weight is 289 g/mol. The molecule has 1 aliphatic carbocycles. The van der Waals surface area contributed by atoms with Gasteiger partial charge in [0.05, 0.1) is 5.92 Å². The lowest BCUT2D eigenvalue weighted by Gasteiger charge is -2.27. The quantitative estimate of drug-likeness (QED) is 0.899. The van der Waals surface area contributed by atoms with Gasteiger partial charge in [0.25, 0.3) is 5.91 Å². The van der Waals surface area contributed by atoms with Crippen LogP contribution in [0.25, 0.3) is 0 Å². The van der Waals surface area contributed by atoms with E-state index in [0.29, 0.717) is 12.8 Å². The number of hydrogen-bond acceptors (Lipinski definition) is 2. The highest BCUT2D eigenvalue weighted by molar-refractivity contribution is 5.97. The van der Waals surface area contributed by atoms with Crippen molar-refractivity contribution in [1.29, 1.82) is 0 Å². The van der Waals surface area contributed by atoms with E-state index in [2.05, 4.69) is 5.32 Å². The van der Waals surface area contributed by atoms with Gasteiger partial charge in [0.15, 0.2) is 0 Å². The summed E-state index contributed by atoms with van der Waals surface area (Å²) in [5, 5.41) is 12.1. The van der Waals surface area contributed by atoms with Crippen LogP contribution in [0.3, 0.4) is 0 Å². The molecule has 0 radical (unpaired) electrons. The minimum absolute atomic E-state index is 0.0382. The van der Waals surface area contributed by atoms with E-state index in [1.165, 1.54) is 0 Å². The molecule has 1 aromatic rings. The van der Waals surface area contributed by atoms with Crippen molar-refractivity contribution < 1.29 is 14.7 Å². The van der Waals surface area contributed by atoms with Gasteiger partial charge >= 0.3 is 5.97 Å². The highest BCUT2D eigenvalue weighted by Gasteiger charge is 2.27. The summed E-state index contributed by atoms with van der Waals surface area (Å²) in [5.41, 5.74) is 3.89. The van der Waals surface area contributed by atoms with Crippen molar-refractivity contribution in [2.45, 2.75) is 52.5 Å². The normalized spacial score (nSPS) is 21.9. The first-order valence-corrected chi connectivity index (χ1v) is 7.50. The third kappa shape index (κ3) is 3.63. The number of nitrogens with one attached hydrogen (secondary N) is 1. The van der Waals surface area contributed by atoms with E-state index in [1.54, 1.807) is 0 Å². The largest absolute Gasteiger partial charge is 0.481 e. The lowest BCUT2D eigenvalue weighted by molar-refractivity contribution is -0.142. The van der Waals surface area contributed by atoms with Crippen molar-refractivity contribution in [3.8, 4) is 0 Å². The monoisotopic (exact) mass is 289 g/mol. The summed E-state index contributed by atoms with van der Waals surface area (Å²) >= 11 is 0. The van der Waals surface area contributed by atoms with E-state index in [-0.39, 0.29) is 17.9 Å². The maximum atomic E-state index is 12.5. The van der Waals surface area contributed by atoms with Crippen molar-refractivity contribution in [3.05, 3.63) is 34.4 Å². The Morgan fingerprint density at radius 3 is 2.05 bits per heavy atom. The molecule has 4 nitrogen and oxygen atoms in total. The van der Waals surface area contributed by atoms with Crippen LogP contribution in [0.4, 0.5) is 0 Å². The Balaban J connectivity index is 2.02. The van der Waals surface area contributed by atoms with E-state index in [4.69, 9.17) is 5.11 Å². The van der Waals surface area contributed by atoms with Gasteiger partial charge in [-0.15, -0.1) is 0 Å². The zero-order valence-corrected chi connectivity index (χ0v) is 12.9. The van der Waals surface area contributed by atoms with Gasteiger partial charge in [-0.3, -0.25) is 9.59 Å². The first-order chi connectivity index (χ1) is 9.88. The second-order valence-corrected chi connectivity index (χ2v) is 6.13. The summed E-state index contributed by atoms with van der Waals surface area (Å²) in [6, 6.07) is 4.13. The zero-order chi connectivity index (χ0) is 15.6. The average Bonchev–Trinajstić information content (AvgIpc) is 2.37. The van der Waals surface area contributed by atoms with Crippen LogP contribution in [0.15, 0.2) is 12.1 Å². The van der Waals surface area contributed by atoms with Gasteiger partial charge in [0.2, 0.25) is 0 Å². The van der Waals surface area contributed by atoms with E-state index in [0.717, 1.165) is 35.1 Å². The van der Waals surface area contributed by atoms with Crippen LogP contribution in [0, 0.1) is 26.7 Å². The van der Waals surface area contributed by atoms with Crippen molar-refractivity contribution in [3.63, 3.8) is 0 Å². The number of rotatable bonds is 3. The first kappa shape index (κ1) is 15.5. The second kappa shape index (κ2) is 6.29. The first-order valence-electron chi connectivity index (χ1n) is 7.50. The Morgan fingerprint density at radius 1 is 1.05 bits per heavy atom. The fraction of sp³-hybridized carbons (Fsp3) is 0.529. The fourth-order valence-electron chi connectivity index (χ4n) is 3.28. The number of carboxylic acids is 1. The molecular formula is C17H23NO3. The summed E-state index contributed by atoms with van der Waals surface area (Å²) in [6.07, 6.45) is 2.78. The standard InChI is InChI=1S/C17H23NO3/c1-10-8-11(2)15(12(3)9-10)16(19)18-14-6-4-13(5-7-14)17(20)21/h8-9,13-14H,4-7H2,1-3H3,(H,18,19)(H,20,21). The summed E-state index contributed by atoms with van der Waals surface area (Å²) in [7, 11) is 0. The Labute approximate surface area is 125 Å². The number of aryl methyl sites for hydroxylation is 3. The van der Waals surface area contributed by atoms with E-state index >= 15 is 0 Å². The molecule has 0 heterocycles. The van der Waals surface area contributed by atoms with Gasteiger partial charge in [0.1, 0.15) is 0 Å². The molecule has 0 unspecified atom stereocenters. The van der Waals surface area contributed by atoms with Gasteiger partial charge in [0, 0.05) is 11.6 Å². The molecule has 21 heavy (non-hydrogen) atoms. The number of carbonyl (C=O) groups is 2. The molecule has 114 valence electrons. The van der Waals surface area contributed by atoms with Crippen LogP contribution in [0.2, 0.25) is 0 Å². The van der Waals surface area contributed by atoms with Crippen molar-refractivity contribution in [1.82, 2.24) is 5.32 Å². The van der Waals surface area contributed by atoms with Crippen LogP contribution in [-0.2, 0) is 4.79 Å². The molecule has 0 saturated heterocycles. The van der Waals surface area contributed by atoms with Crippen LogP contribution in [0.5, 0.6) is 0 Å². The molecule has 2 N–H and O–H groups in total. The van der Waals surface area contributed by atoms with Crippen LogP contribution >= 0.6 is 0 Å². The molecule has 2 rings (SSSR count). The molecule has 1 fully saturated rings. The van der Waals surface area contributed by atoms with Crippen molar-refractivity contribution >= 4 is 11.9 Å². The van der Waals surface area contributed by atoms with Crippen LogP contribution < -0.4 is 5.32 Å². The van der Waals surface area contributed by atoms with Gasteiger partial charge in [-0.05, 0) is 57.6 Å². The molecule has 0 spiro atoms. The summed E-state index contributed by atoms with van der Waals surface area (Å²) < 4.78 is 0. The fourth-order valence-corrected chi connectivity index (χ4v) is 3.28. The predicted octanol–water partition coefficient (Wildman–Crippen LogP) is 2.99. The second-order valence-electron chi connectivity index (χ2n) is 6.13. The summed E-state index contributed by atoms with van der Waals surface area (Å²) in [4.78, 5) is 23.4. The van der Waals surface area contributed by atoms with Gasteiger partial charge < -0.3 is 10.4 Å². The van der Waals surface area contributed by atoms with Gasteiger partial charge in [-0.25, -0.2) is 0 Å². The van der Waals surface area contributed by atoms with E-state index in [1.807, 2.05) is 32.9 Å². The highest BCUT2D eigenvalue weighted by atomic mass is 16.4. The van der Waals surface area contributed by atoms with Crippen LogP contribution in [0.1, 0.15) is 52.7 Å². The van der Waals surface area contributed by atoms with Gasteiger partial charge in [-0.2, -0.15) is 0 Å². The number of hydrogen-bond donors (Lipinski definition) is 2. The third-order valence-corrected chi connectivity index (χ3v) is 4.32. The smallest absolute Gasteiger partial charge is 0.306 e. The lowest BCUT2D eigenvalue weighted by atomic mass is 9.86. The SMILES string of the molecule is Cc1cc(C)c(C(=O)NC2CCC(C(=O)O)CC2)c(C)c1. The Bertz CT molecular complexity index is 534. The third-order valence-electron chi connectivity index (χ3n) is 4.32. The number of carboxylic acid groups (broad SMARTS) is 1. The molecule has 1 aromatic carbocycles. The Kier molecular flexibility index (Phi) is 4.66. The topological polar surface area (TPSA) is 66.4 Å². The van der Waals surface area contributed by atoms with Gasteiger partial charge in [-0.1, -0.05) is 17.7 Å². The number of aliphatic carboxylic acids is 1. The molecule has 0 atom stereocenters. The minimum atomic E-state index is -0.718. The number of amides is 1. The molecule has 1 amide bonds. The van der Waals surface area contributed by atoms with Crippen LogP contribution in [-0.4, -0.2) is 23.0 Å². The molecular weight excluding hydrogens is 266 g/mol. The maximum Gasteiger partial charge on any atom is 0.306 e. The summed E-state index contributed by atoms with van der Waals surface area (Å²) in [6.45, 7) is 5.93. The lowest BCUT2D eigenvalue weighted by Crippen LogP contribution is -2.39. The number of carbonyl (C=O) groups excluding carboxylic acids is 1. The van der Waals surface area contributed by atoms with E-state index in [9.17, 15) is 9.59 Å². The number of benzene rings is 1. The Hall–Kier alpha value is -1.84.